The molecule has 0 saturated heterocycles. The molecule has 1 aromatic carbocycles. The van der Waals surface area contributed by atoms with Crippen LogP contribution in [0.25, 0.3) is 0 Å². The van der Waals surface area contributed by atoms with E-state index in [1.54, 1.807) is 14.2 Å². The monoisotopic (exact) mass is 263 g/mol. The molecule has 1 aliphatic rings. The molecule has 2 atom stereocenters. The number of methoxy groups -OCH3 is 2. The van der Waals surface area contributed by atoms with Crippen LogP contribution in [0.5, 0.6) is 11.5 Å². The maximum Gasteiger partial charge on any atom is 0.142 e. The number of benzene rings is 1. The number of ether oxygens (including phenoxy) is 2. The van der Waals surface area contributed by atoms with Crippen molar-refractivity contribution in [3.8, 4) is 11.5 Å². The molecule has 1 aromatic rings. The molecule has 1 saturated carbocycles. The predicted octanol–water partition coefficient (Wildman–Crippen LogP) is 4.08. The smallest absolute Gasteiger partial charge is 0.142 e. The van der Waals surface area contributed by atoms with Gasteiger partial charge in [-0.05, 0) is 30.9 Å². The van der Waals surface area contributed by atoms with Crippen LogP contribution in [0, 0.1) is 5.92 Å². The molecule has 3 nitrogen and oxygen atoms in total. The molecule has 0 amide bonds. The first-order chi connectivity index (χ1) is 9.26. The molecule has 2 rings (SSSR count). The second-order valence-corrected chi connectivity index (χ2v) is 5.35. The number of anilines is 1. The summed E-state index contributed by atoms with van der Waals surface area (Å²) in [4.78, 5) is 0. The van der Waals surface area contributed by atoms with Gasteiger partial charge in [-0.3, -0.25) is 0 Å². The minimum atomic E-state index is 0.555. The van der Waals surface area contributed by atoms with Crippen molar-refractivity contribution in [2.75, 3.05) is 19.5 Å². The van der Waals surface area contributed by atoms with Crippen molar-refractivity contribution in [1.82, 2.24) is 0 Å². The van der Waals surface area contributed by atoms with Crippen LogP contribution in [0.3, 0.4) is 0 Å². The topological polar surface area (TPSA) is 30.5 Å². The van der Waals surface area contributed by atoms with Gasteiger partial charge in [-0.1, -0.05) is 26.2 Å². The minimum Gasteiger partial charge on any atom is -0.497 e. The van der Waals surface area contributed by atoms with Crippen LogP contribution in [0.4, 0.5) is 5.69 Å². The molecule has 0 spiro atoms. The van der Waals surface area contributed by atoms with Gasteiger partial charge < -0.3 is 14.8 Å². The van der Waals surface area contributed by atoms with Crippen LogP contribution in [0.15, 0.2) is 18.2 Å². The Kier molecular flexibility index (Phi) is 4.94. The Labute approximate surface area is 116 Å². The van der Waals surface area contributed by atoms with Crippen LogP contribution in [0.2, 0.25) is 0 Å². The maximum absolute atomic E-state index is 5.42. The van der Waals surface area contributed by atoms with Crippen LogP contribution in [-0.2, 0) is 0 Å². The van der Waals surface area contributed by atoms with Gasteiger partial charge in [0.05, 0.1) is 19.9 Å². The quantitative estimate of drug-likeness (QED) is 0.868. The van der Waals surface area contributed by atoms with E-state index < -0.39 is 0 Å². The Hall–Kier alpha value is -1.38. The molecule has 1 N–H and O–H groups in total. The van der Waals surface area contributed by atoms with Crippen molar-refractivity contribution in [2.24, 2.45) is 5.92 Å². The van der Waals surface area contributed by atoms with Crippen LogP contribution >= 0.6 is 0 Å². The SMILES string of the molecule is CCC1CCCC(Nc2cc(OC)ccc2OC)C1. The van der Waals surface area contributed by atoms with E-state index in [4.69, 9.17) is 9.47 Å². The zero-order valence-corrected chi connectivity index (χ0v) is 12.2. The Morgan fingerprint density at radius 3 is 2.74 bits per heavy atom. The van der Waals surface area contributed by atoms with Gasteiger partial charge in [0.25, 0.3) is 0 Å². The average Bonchev–Trinajstić information content (AvgIpc) is 2.47. The van der Waals surface area contributed by atoms with Crippen molar-refractivity contribution in [3.63, 3.8) is 0 Å². The summed E-state index contributed by atoms with van der Waals surface area (Å²) < 4.78 is 10.7. The highest BCUT2D eigenvalue weighted by atomic mass is 16.5. The van der Waals surface area contributed by atoms with E-state index in [1.807, 2.05) is 18.2 Å². The van der Waals surface area contributed by atoms with Gasteiger partial charge in [0.2, 0.25) is 0 Å². The maximum atomic E-state index is 5.42. The summed E-state index contributed by atoms with van der Waals surface area (Å²) in [5.41, 5.74) is 1.05. The van der Waals surface area contributed by atoms with Crippen molar-refractivity contribution in [2.45, 2.75) is 45.1 Å². The fourth-order valence-electron chi connectivity index (χ4n) is 2.94. The summed E-state index contributed by atoms with van der Waals surface area (Å²) in [6.07, 6.45) is 6.49. The number of hydrogen-bond donors (Lipinski definition) is 1. The second kappa shape index (κ2) is 6.69. The molecule has 0 bridgehead atoms. The molecule has 106 valence electrons. The molecule has 1 aliphatic carbocycles. The molecule has 2 unspecified atom stereocenters. The summed E-state index contributed by atoms with van der Waals surface area (Å²) in [6, 6.07) is 6.47. The first-order valence-electron chi connectivity index (χ1n) is 7.25. The van der Waals surface area contributed by atoms with Gasteiger partial charge in [-0.25, -0.2) is 0 Å². The van der Waals surface area contributed by atoms with E-state index >= 15 is 0 Å². The van der Waals surface area contributed by atoms with E-state index in [0.717, 1.165) is 23.1 Å². The molecule has 1 fully saturated rings. The highest BCUT2D eigenvalue weighted by molar-refractivity contribution is 5.60. The van der Waals surface area contributed by atoms with E-state index in [9.17, 15) is 0 Å². The van der Waals surface area contributed by atoms with Crippen molar-refractivity contribution in [1.29, 1.82) is 0 Å². The third kappa shape index (κ3) is 3.55. The zero-order valence-electron chi connectivity index (χ0n) is 12.2. The van der Waals surface area contributed by atoms with Gasteiger partial charge >= 0.3 is 0 Å². The molecule has 3 heteroatoms. The molecular formula is C16H25NO2. The number of hydrogen-bond acceptors (Lipinski definition) is 3. The van der Waals surface area contributed by atoms with Gasteiger partial charge in [0, 0.05) is 12.1 Å². The molecule has 0 heterocycles. The molecule has 0 aromatic heterocycles. The molecule has 0 radical (unpaired) electrons. The van der Waals surface area contributed by atoms with Crippen LogP contribution in [-0.4, -0.2) is 20.3 Å². The first kappa shape index (κ1) is 14.0. The summed E-state index contributed by atoms with van der Waals surface area (Å²) in [7, 11) is 3.40. The fourth-order valence-corrected chi connectivity index (χ4v) is 2.94. The lowest BCUT2D eigenvalue weighted by atomic mass is 9.84. The minimum absolute atomic E-state index is 0.555. The standard InChI is InChI=1S/C16H25NO2/c1-4-12-6-5-7-13(10-12)17-15-11-14(18-2)8-9-16(15)19-3/h8-9,11-13,17H,4-7,10H2,1-3H3. The Morgan fingerprint density at radius 2 is 2.05 bits per heavy atom. The highest BCUT2D eigenvalue weighted by Gasteiger charge is 2.21. The Balaban J connectivity index is 2.08. The average molecular weight is 263 g/mol. The number of nitrogens with one attached hydrogen (secondary N) is 1. The Bertz CT molecular complexity index is 406. The summed E-state index contributed by atoms with van der Waals surface area (Å²) in [5, 5.41) is 3.63. The van der Waals surface area contributed by atoms with E-state index in [-0.39, 0.29) is 0 Å². The van der Waals surface area contributed by atoms with Crippen LogP contribution in [0.1, 0.15) is 39.0 Å². The van der Waals surface area contributed by atoms with Crippen molar-refractivity contribution < 1.29 is 9.47 Å². The normalized spacial score (nSPS) is 22.9. The lowest BCUT2D eigenvalue weighted by Gasteiger charge is -2.30. The van der Waals surface area contributed by atoms with E-state index in [0.29, 0.717) is 6.04 Å². The third-order valence-corrected chi connectivity index (χ3v) is 4.13. The lowest BCUT2D eigenvalue weighted by molar-refractivity contribution is 0.326. The van der Waals surface area contributed by atoms with Crippen molar-refractivity contribution >= 4 is 5.69 Å². The largest absolute Gasteiger partial charge is 0.497 e. The van der Waals surface area contributed by atoms with Gasteiger partial charge in [-0.15, -0.1) is 0 Å². The number of rotatable bonds is 5. The Morgan fingerprint density at radius 1 is 1.21 bits per heavy atom. The summed E-state index contributed by atoms with van der Waals surface area (Å²) in [5.74, 6) is 2.62. The van der Waals surface area contributed by atoms with Crippen molar-refractivity contribution in [3.05, 3.63) is 18.2 Å². The highest BCUT2D eigenvalue weighted by Crippen LogP contribution is 2.33. The summed E-state index contributed by atoms with van der Waals surface area (Å²) >= 11 is 0. The lowest BCUT2D eigenvalue weighted by Crippen LogP contribution is -2.27. The first-order valence-corrected chi connectivity index (χ1v) is 7.25. The van der Waals surface area contributed by atoms with Gasteiger partial charge in [0.1, 0.15) is 11.5 Å². The van der Waals surface area contributed by atoms with E-state index in [1.165, 1.54) is 32.1 Å². The molecule has 0 aliphatic heterocycles. The van der Waals surface area contributed by atoms with Crippen LogP contribution < -0.4 is 14.8 Å². The summed E-state index contributed by atoms with van der Waals surface area (Å²) in [6.45, 7) is 2.29. The molecular weight excluding hydrogens is 238 g/mol. The predicted molar refractivity (Wildman–Crippen MR) is 79.2 cm³/mol. The fraction of sp³-hybridized carbons (Fsp3) is 0.625. The zero-order chi connectivity index (χ0) is 13.7. The van der Waals surface area contributed by atoms with E-state index in [2.05, 4.69) is 12.2 Å². The van der Waals surface area contributed by atoms with Gasteiger partial charge in [0.15, 0.2) is 0 Å². The third-order valence-electron chi connectivity index (χ3n) is 4.13. The molecule has 19 heavy (non-hydrogen) atoms. The van der Waals surface area contributed by atoms with Gasteiger partial charge in [-0.2, -0.15) is 0 Å². The second-order valence-electron chi connectivity index (χ2n) is 5.35.